The van der Waals surface area contributed by atoms with Gasteiger partial charge in [0.25, 0.3) is 16.7 Å². The molecule has 5 aromatic carbocycles. The molecule has 0 aliphatic carbocycles. The van der Waals surface area contributed by atoms with E-state index >= 15 is 0 Å². The number of amides is 8. The number of aromatic carboxylic acids is 1. The van der Waals surface area contributed by atoms with Crippen LogP contribution >= 0.6 is 0 Å². The highest BCUT2D eigenvalue weighted by Gasteiger charge is 2.24. The summed E-state index contributed by atoms with van der Waals surface area (Å²) < 4.78 is 11.3. The second kappa shape index (κ2) is 35.9. The second-order valence-electron chi connectivity index (χ2n) is 28.7. The van der Waals surface area contributed by atoms with Crippen molar-refractivity contribution in [1.29, 1.82) is 0 Å². The lowest BCUT2D eigenvalue weighted by molar-refractivity contribution is 0.0696. The topological polar surface area (TPSA) is 496 Å². The molecule has 8 amide bonds. The van der Waals surface area contributed by atoms with E-state index in [0.29, 0.717) is 118 Å². The van der Waals surface area contributed by atoms with Crippen molar-refractivity contribution in [3.8, 4) is 73.0 Å². The molecule has 1 aliphatic rings. The molecule has 40 nitrogen and oxygen atoms in total. The predicted molar refractivity (Wildman–Crippen MR) is 470 cm³/mol. The van der Waals surface area contributed by atoms with Gasteiger partial charge in [-0.2, -0.15) is 15.3 Å². The number of benzene rings is 5. The number of aromatic nitrogens is 22. The molecule has 0 radical (unpaired) electrons. The molecule has 0 atom stereocenters. The Balaban J connectivity index is 0.000000128. The van der Waals surface area contributed by atoms with Crippen LogP contribution in [0.25, 0.3) is 128 Å². The molecule has 0 saturated heterocycles. The Labute approximate surface area is 703 Å². The molecule has 40 heteroatoms. The number of anilines is 5. The molecule has 13 N–H and O–H groups in total. The van der Waals surface area contributed by atoms with Crippen LogP contribution < -0.4 is 64.1 Å². The highest BCUT2D eigenvalue weighted by atomic mass is 16.4. The van der Waals surface area contributed by atoms with Crippen molar-refractivity contribution in [3.63, 3.8) is 0 Å². The molecule has 0 spiro atoms. The summed E-state index contributed by atoms with van der Waals surface area (Å²) in [7, 11) is 9.22. The van der Waals surface area contributed by atoms with Crippen LogP contribution in [0.3, 0.4) is 0 Å². The largest absolute Gasteiger partial charge is 0.478 e. The van der Waals surface area contributed by atoms with Crippen LogP contribution in [0.5, 0.6) is 0 Å². The maximum Gasteiger partial charge on any atom is 0.338 e. The number of fused-ring (bicyclic) bond motifs is 6. The van der Waals surface area contributed by atoms with Crippen molar-refractivity contribution in [2.45, 2.75) is 53.5 Å². The van der Waals surface area contributed by atoms with E-state index < -0.39 is 12.0 Å². The maximum atomic E-state index is 12.7. The third kappa shape index (κ3) is 17.8. The number of hydrogen-bond acceptors (Lipinski definition) is 20. The first-order valence-corrected chi connectivity index (χ1v) is 39.4. The monoisotopic (exact) mass is 1670 g/mol. The summed E-state index contributed by atoms with van der Waals surface area (Å²) in [5.74, 6) is 0.938. The number of carboxylic acid groups (broad SMARTS) is 1. The minimum atomic E-state index is -1.12. The number of hydrogen-bond donors (Lipinski definition) is 13. The first-order chi connectivity index (χ1) is 60.0. The number of urea groups is 4. The third-order valence-corrected chi connectivity index (χ3v) is 19.9. The van der Waals surface area contributed by atoms with Gasteiger partial charge in [0, 0.05) is 169 Å². The predicted octanol–water partition coefficient (Wildman–Crippen LogP) is 10.4. The van der Waals surface area contributed by atoms with Crippen LogP contribution in [0.4, 0.5) is 48.7 Å². The van der Waals surface area contributed by atoms with Crippen molar-refractivity contribution >= 4 is 115 Å². The van der Waals surface area contributed by atoms with E-state index in [1.807, 2.05) is 126 Å². The fourth-order valence-corrected chi connectivity index (χ4v) is 14.0. The summed E-state index contributed by atoms with van der Waals surface area (Å²) in [6, 6.07) is 34.2. The van der Waals surface area contributed by atoms with E-state index in [-0.39, 0.29) is 46.3 Å². The molecule has 17 aromatic rings. The number of carbonyl (C=O) groups is 5. The first-order valence-electron chi connectivity index (χ1n) is 39.4. The van der Waals surface area contributed by atoms with Crippen molar-refractivity contribution in [2.24, 2.45) is 21.1 Å². The highest BCUT2D eigenvalue weighted by molar-refractivity contribution is 6.02. The number of imidazole rings is 5. The molecular formula is C84H85N31O9. The summed E-state index contributed by atoms with van der Waals surface area (Å²) >= 11 is 0. The minimum Gasteiger partial charge on any atom is -0.478 e. The van der Waals surface area contributed by atoms with Gasteiger partial charge in [-0.3, -0.25) is 49.8 Å². The molecule has 12 aromatic heterocycles. The van der Waals surface area contributed by atoms with E-state index in [0.717, 1.165) is 92.0 Å². The molecule has 18 rings (SSSR count). The third-order valence-electron chi connectivity index (χ3n) is 19.9. The average Bonchev–Trinajstić information content (AvgIpc) is 1.57. The zero-order valence-electron chi connectivity index (χ0n) is 68.6. The maximum absolute atomic E-state index is 12.7. The molecule has 0 unspecified atom stereocenters. The van der Waals surface area contributed by atoms with Gasteiger partial charge in [-0.15, -0.1) is 0 Å². The lowest BCUT2D eigenvalue weighted by Crippen LogP contribution is -2.28. The summed E-state index contributed by atoms with van der Waals surface area (Å²) in [5.41, 5.74) is 17.3. The molecule has 0 bridgehead atoms. The Bertz CT molecular complexity index is 7060. The molecule has 1 aliphatic heterocycles. The van der Waals surface area contributed by atoms with Gasteiger partial charge in [0.1, 0.15) is 22.4 Å². The standard InChI is InChI=1S/C23H24N6O.C21H21N9O2.C21H22N8O2.C19H18N8O4/c1-4-25-23(30)28-22-26-20-13-17(16-8-6-10-24-14-16)12-19(21(20)27-22)15-7-5-9-18(11-15)29(2)3;1-4-22-21(32)27-20-25-14-8-12(9-15(17(14)26-20)30-7-5-6-24-30)13-10-16(31)29(3)19-18(13)28(2)11-23-19;1-2-22-21(31)27-20-25-15-10-13(11-16(19(15)26-20)29-9-5-7-23-29)14-12-18(30)28-8-4-3-6-17(28)24-14;1-3-20-19(31)25-18-23-13-4-10(12-6-15(28)26(2)9-21-12)5-14(16(13)24-18)27-8-11(7-22-27)17(29)30/h5-14H,4H2,1-3H3,(H3,25,26,27,28,30);5-11H,4H2,1-3H3,(H3,22,25,26,27,32);5,7,9-12H,2-4,6,8H2,1H3,(H3,22,25,26,27,31);4-9H,3H2,1-2H3,(H,29,30)(H3,20,23,24,25,31). The van der Waals surface area contributed by atoms with Gasteiger partial charge >= 0.3 is 30.1 Å². The van der Waals surface area contributed by atoms with Crippen LogP contribution in [0.2, 0.25) is 0 Å². The molecule has 13 heterocycles. The number of aryl methyl sites for hydroxylation is 4. The Kier molecular flexibility index (Phi) is 23.8. The lowest BCUT2D eigenvalue weighted by Gasteiger charge is -2.18. The number of nitrogens with zero attached hydrogens (tertiary/aromatic N) is 19. The van der Waals surface area contributed by atoms with Crippen molar-refractivity contribution < 1.29 is 29.1 Å². The number of aromatic amines is 4. The van der Waals surface area contributed by atoms with E-state index in [1.165, 1.54) is 38.6 Å². The fraction of sp³-hybridized carbons (Fsp3) is 0.202. The van der Waals surface area contributed by atoms with E-state index in [4.69, 9.17) is 4.98 Å². The van der Waals surface area contributed by atoms with Crippen molar-refractivity contribution in [2.75, 3.05) is 66.4 Å². The van der Waals surface area contributed by atoms with Crippen LogP contribution in [-0.2, 0) is 34.1 Å². The SMILES string of the molecule is CCNC(=O)Nc1nc2c(-c3cccc(N(C)C)c3)cc(-c3cccnc3)cc2[nH]1.CCNC(=O)Nc1nc2c(-n3cc(C(=O)O)cn3)cc(-c3cc(=O)n(C)cn3)cc2[nH]1.CCNC(=O)Nc1nc2c(-n3cccn3)cc(-c3cc(=O)n(C)c4ncn(C)c34)cc2[nH]1.CCNC(=O)Nc1nc2c(-n3cccn3)cc(-c3cc(=O)n4c(n3)CCCC4)cc2[nH]1. The number of rotatable bonds is 18. The van der Waals surface area contributed by atoms with E-state index in [1.54, 1.807) is 84.1 Å². The highest BCUT2D eigenvalue weighted by Crippen LogP contribution is 2.38. The smallest absolute Gasteiger partial charge is 0.338 e. The average molecular weight is 1670 g/mol. The fourth-order valence-electron chi connectivity index (χ4n) is 14.0. The normalized spacial score (nSPS) is 11.6. The molecule has 0 fully saturated rings. The summed E-state index contributed by atoms with van der Waals surface area (Å²) in [6.07, 6.45) is 19.1. The first kappa shape index (κ1) is 82.4. The second-order valence-corrected chi connectivity index (χ2v) is 28.7. The van der Waals surface area contributed by atoms with Crippen LogP contribution in [0.15, 0.2) is 192 Å². The number of pyridine rings is 2. The van der Waals surface area contributed by atoms with Gasteiger partial charge in [-0.25, -0.2) is 72.9 Å². The van der Waals surface area contributed by atoms with Gasteiger partial charge in [0.05, 0.1) is 86.0 Å². The molecular weight excluding hydrogens is 1590 g/mol. The van der Waals surface area contributed by atoms with Gasteiger partial charge in [-0.1, -0.05) is 18.2 Å². The number of H-pyrrole nitrogens is 4. The number of nitrogens with one attached hydrogen (secondary N) is 12. The minimum absolute atomic E-state index is 0.00136. The Morgan fingerprint density at radius 3 is 1.51 bits per heavy atom. The van der Waals surface area contributed by atoms with Gasteiger partial charge in [-0.05, 0) is 136 Å². The van der Waals surface area contributed by atoms with E-state index in [2.05, 4.69) is 142 Å². The van der Waals surface area contributed by atoms with Crippen LogP contribution in [-0.4, -0.2) is 183 Å². The zero-order chi connectivity index (χ0) is 87.0. The molecule has 124 heavy (non-hydrogen) atoms. The summed E-state index contributed by atoms with van der Waals surface area (Å²) in [6.45, 7) is 10.0. The zero-order valence-corrected chi connectivity index (χ0v) is 68.6. The Hall–Kier alpha value is -16.7. The Morgan fingerprint density at radius 2 is 0.984 bits per heavy atom. The summed E-state index contributed by atoms with van der Waals surface area (Å²) in [5, 5.41) is 43.5. The van der Waals surface area contributed by atoms with Gasteiger partial charge in [0.2, 0.25) is 23.8 Å². The molecule has 630 valence electrons. The van der Waals surface area contributed by atoms with Crippen LogP contribution in [0.1, 0.15) is 56.7 Å². The number of carbonyl (C=O) groups excluding carboxylic acids is 4. The van der Waals surface area contributed by atoms with Crippen LogP contribution in [0, 0.1) is 0 Å². The van der Waals surface area contributed by atoms with E-state index in [9.17, 15) is 43.5 Å². The summed E-state index contributed by atoms with van der Waals surface area (Å²) in [4.78, 5) is 147. The quantitative estimate of drug-likeness (QED) is 0.0379. The van der Waals surface area contributed by atoms with Gasteiger partial charge < -0.3 is 60.3 Å². The lowest BCUT2D eigenvalue weighted by atomic mass is 9.98. The molecule has 0 saturated carbocycles. The van der Waals surface area contributed by atoms with Gasteiger partial charge in [0.15, 0.2) is 5.65 Å². The van der Waals surface area contributed by atoms with Crippen molar-refractivity contribution in [3.05, 3.63) is 220 Å². The van der Waals surface area contributed by atoms with Crippen molar-refractivity contribution in [1.82, 2.24) is 129 Å². The number of carboxylic acids is 1. The Morgan fingerprint density at radius 1 is 0.468 bits per heavy atom.